The highest BCUT2D eigenvalue weighted by Crippen LogP contribution is 2.30. The van der Waals surface area contributed by atoms with Gasteiger partial charge in [0.2, 0.25) is 0 Å². The van der Waals surface area contributed by atoms with E-state index in [4.69, 9.17) is 16.3 Å². The van der Waals surface area contributed by atoms with Gasteiger partial charge in [0.1, 0.15) is 23.6 Å². The van der Waals surface area contributed by atoms with Crippen molar-refractivity contribution in [3.8, 4) is 5.75 Å². The second kappa shape index (κ2) is 10.1. The van der Waals surface area contributed by atoms with Crippen molar-refractivity contribution in [2.75, 3.05) is 13.2 Å². The van der Waals surface area contributed by atoms with Crippen molar-refractivity contribution in [1.82, 2.24) is 15.1 Å². The van der Waals surface area contributed by atoms with Gasteiger partial charge in [-0.1, -0.05) is 41.9 Å². The van der Waals surface area contributed by atoms with Crippen LogP contribution < -0.4 is 10.1 Å². The molecule has 3 aromatic rings. The number of nitrogens with zero attached hydrogens (tertiary/aromatic N) is 2. The topological polar surface area (TPSA) is 76.4 Å². The first kappa shape index (κ1) is 23.6. The minimum atomic E-state index is -4.43. The quantitative estimate of drug-likeness (QED) is 0.523. The normalized spacial score (nSPS) is 12.4. The largest absolute Gasteiger partial charge is 0.491 e. The molecular formula is C22H21ClF3N3O3. The molecule has 1 unspecified atom stereocenters. The van der Waals surface area contributed by atoms with E-state index in [1.165, 1.54) is 16.8 Å². The number of hydrogen-bond donors (Lipinski definition) is 2. The predicted octanol–water partition coefficient (Wildman–Crippen LogP) is 4.08. The van der Waals surface area contributed by atoms with E-state index in [1.807, 2.05) is 30.3 Å². The highest BCUT2D eigenvalue weighted by molar-refractivity contribution is 6.33. The van der Waals surface area contributed by atoms with Crippen molar-refractivity contribution in [2.24, 2.45) is 0 Å². The molecule has 1 amide bonds. The van der Waals surface area contributed by atoms with Gasteiger partial charge in [0.25, 0.3) is 5.91 Å². The van der Waals surface area contributed by atoms with Gasteiger partial charge < -0.3 is 15.2 Å². The molecule has 10 heteroatoms. The zero-order chi connectivity index (χ0) is 23.3. The van der Waals surface area contributed by atoms with Crippen LogP contribution in [0.15, 0.2) is 54.6 Å². The summed E-state index contributed by atoms with van der Waals surface area (Å²) in [6, 6.07) is 13.6. The average Bonchev–Trinajstić information content (AvgIpc) is 3.03. The van der Waals surface area contributed by atoms with Gasteiger partial charge in [-0.25, -0.2) is 4.68 Å². The van der Waals surface area contributed by atoms with E-state index in [1.54, 1.807) is 6.92 Å². The highest BCUT2D eigenvalue weighted by atomic mass is 35.5. The highest BCUT2D eigenvalue weighted by Gasteiger charge is 2.30. The number of aryl methyl sites for hydroxylation is 1. The number of ether oxygens (including phenoxy) is 1. The van der Waals surface area contributed by atoms with Crippen LogP contribution in [0.3, 0.4) is 0 Å². The van der Waals surface area contributed by atoms with Crippen LogP contribution in [0.25, 0.3) is 0 Å². The van der Waals surface area contributed by atoms with Crippen LogP contribution in [0.1, 0.15) is 27.2 Å². The summed E-state index contributed by atoms with van der Waals surface area (Å²) in [5.41, 5.74) is 0.829. The number of nitrogens with one attached hydrogen (secondary N) is 1. The van der Waals surface area contributed by atoms with Crippen molar-refractivity contribution in [3.05, 3.63) is 82.1 Å². The predicted molar refractivity (Wildman–Crippen MR) is 113 cm³/mol. The van der Waals surface area contributed by atoms with Crippen molar-refractivity contribution in [1.29, 1.82) is 0 Å². The summed E-state index contributed by atoms with van der Waals surface area (Å²) >= 11 is 6.35. The minimum Gasteiger partial charge on any atom is -0.491 e. The van der Waals surface area contributed by atoms with Crippen LogP contribution in [-0.4, -0.2) is 40.0 Å². The Morgan fingerprint density at radius 3 is 2.47 bits per heavy atom. The molecule has 2 aromatic carbocycles. The van der Waals surface area contributed by atoms with Crippen LogP contribution >= 0.6 is 11.6 Å². The van der Waals surface area contributed by atoms with E-state index < -0.39 is 23.8 Å². The van der Waals surface area contributed by atoms with E-state index in [2.05, 4.69) is 10.4 Å². The van der Waals surface area contributed by atoms with E-state index >= 15 is 0 Å². The number of aromatic nitrogens is 2. The first-order valence-electron chi connectivity index (χ1n) is 9.68. The summed E-state index contributed by atoms with van der Waals surface area (Å²) in [6.07, 6.45) is -5.52. The molecule has 0 aliphatic carbocycles. The van der Waals surface area contributed by atoms with Crippen LogP contribution in [0.5, 0.6) is 5.75 Å². The number of rotatable bonds is 8. The molecular weight excluding hydrogens is 447 g/mol. The van der Waals surface area contributed by atoms with Crippen molar-refractivity contribution in [2.45, 2.75) is 25.7 Å². The van der Waals surface area contributed by atoms with Gasteiger partial charge >= 0.3 is 6.18 Å². The van der Waals surface area contributed by atoms with Crippen LogP contribution in [0, 0.1) is 6.92 Å². The maximum absolute atomic E-state index is 12.6. The van der Waals surface area contributed by atoms with Gasteiger partial charge in [-0.15, -0.1) is 0 Å². The molecule has 0 aliphatic rings. The number of aliphatic hydroxyl groups is 1. The Labute approximate surface area is 187 Å². The zero-order valence-electron chi connectivity index (χ0n) is 17.1. The maximum Gasteiger partial charge on any atom is 0.416 e. The Bertz CT molecular complexity index is 1050. The van der Waals surface area contributed by atoms with Gasteiger partial charge in [-0.05, 0) is 36.8 Å². The fourth-order valence-electron chi connectivity index (χ4n) is 2.96. The van der Waals surface area contributed by atoms with E-state index in [0.717, 1.165) is 17.7 Å². The summed E-state index contributed by atoms with van der Waals surface area (Å²) < 4.78 is 44.5. The second-order valence-electron chi connectivity index (χ2n) is 7.09. The Kier molecular flexibility index (Phi) is 7.42. The van der Waals surface area contributed by atoms with E-state index in [0.29, 0.717) is 12.2 Å². The number of hydrogen-bond acceptors (Lipinski definition) is 4. The van der Waals surface area contributed by atoms with Gasteiger partial charge in [0, 0.05) is 6.54 Å². The molecule has 0 fully saturated rings. The van der Waals surface area contributed by atoms with Gasteiger partial charge in [-0.2, -0.15) is 18.3 Å². The summed E-state index contributed by atoms with van der Waals surface area (Å²) in [7, 11) is 0. The lowest BCUT2D eigenvalue weighted by Crippen LogP contribution is -2.35. The summed E-state index contributed by atoms with van der Waals surface area (Å²) in [5, 5.41) is 17.1. The lowest BCUT2D eigenvalue weighted by atomic mass is 10.2. The number of alkyl halides is 3. The molecule has 0 saturated heterocycles. The van der Waals surface area contributed by atoms with E-state index in [-0.39, 0.29) is 29.6 Å². The lowest BCUT2D eigenvalue weighted by Gasteiger charge is -2.14. The smallest absolute Gasteiger partial charge is 0.416 e. The Morgan fingerprint density at radius 2 is 1.84 bits per heavy atom. The Hall–Kier alpha value is -3.04. The fourth-order valence-corrected chi connectivity index (χ4v) is 3.28. The third kappa shape index (κ3) is 6.02. The summed E-state index contributed by atoms with van der Waals surface area (Å²) in [6.45, 7) is 1.70. The van der Waals surface area contributed by atoms with Crippen molar-refractivity contribution >= 4 is 17.5 Å². The molecule has 32 heavy (non-hydrogen) atoms. The number of carbonyl (C=O) groups excluding carboxylic acids is 1. The van der Waals surface area contributed by atoms with Gasteiger partial charge in [0.05, 0.1) is 23.4 Å². The molecule has 0 radical (unpaired) electrons. The molecule has 1 atom stereocenters. The van der Waals surface area contributed by atoms with Crippen LogP contribution in [0.2, 0.25) is 5.15 Å². The van der Waals surface area contributed by atoms with Crippen molar-refractivity contribution in [3.63, 3.8) is 0 Å². The molecule has 170 valence electrons. The van der Waals surface area contributed by atoms with Crippen LogP contribution in [-0.2, 0) is 12.7 Å². The first-order valence-corrected chi connectivity index (χ1v) is 10.1. The lowest BCUT2D eigenvalue weighted by molar-refractivity contribution is -0.137. The number of benzene rings is 2. The minimum absolute atomic E-state index is 0.140. The van der Waals surface area contributed by atoms with E-state index in [9.17, 15) is 23.1 Å². The average molecular weight is 468 g/mol. The standard InChI is InChI=1S/C22H21ClF3N3O3/c1-14-19(20(23)29(28-14)12-15-5-3-2-4-6-15)21(31)27-11-17(30)13-32-18-9-7-16(8-10-18)22(24,25)26/h2-10,17,30H,11-13H2,1H3,(H,27,31). The van der Waals surface area contributed by atoms with Gasteiger partial charge in [-0.3, -0.25) is 4.79 Å². The molecule has 1 heterocycles. The number of halogens is 4. The molecule has 0 spiro atoms. The molecule has 1 aromatic heterocycles. The third-order valence-electron chi connectivity index (χ3n) is 4.59. The number of carbonyl (C=O) groups is 1. The third-order valence-corrected chi connectivity index (χ3v) is 4.97. The number of amides is 1. The van der Waals surface area contributed by atoms with Gasteiger partial charge in [0.15, 0.2) is 0 Å². The summed E-state index contributed by atoms with van der Waals surface area (Å²) in [4.78, 5) is 12.6. The fraction of sp³-hybridized carbons (Fsp3) is 0.273. The molecule has 6 nitrogen and oxygen atoms in total. The SMILES string of the molecule is Cc1nn(Cc2ccccc2)c(Cl)c1C(=O)NCC(O)COc1ccc(C(F)(F)F)cc1. The monoisotopic (exact) mass is 467 g/mol. The second-order valence-corrected chi connectivity index (χ2v) is 7.45. The number of aliphatic hydroxyl groups excluding tert-OH is 1. The van der Waals surface area contributed by atoms with Crippen molar-refractivity contribution < 1.29 is 27.8 Å². The Balaban J connectivity index is 1.53. The molecule has 2 N–H and O–H groups in total. The molecule has 0 saturated carbocycles. The summed E-state index contributed by atoms with van der Waals surface area (Å²) in [5.74, 6) is -0.329. The Morgan fingerprint density at radius 1 is 1.19 bits per heavy atom. The molecule has 0 bridgehead atoms. The van der Waals surface area contributed by atoms with Crippen LogP contribution in [0.4, 0.5) is 13.2 Å². The zero-order valence-corrected chi connectivity index (χ0v) is 17.8. The first-order chi connectivity index (χ1) is 15.1. The molecule has 3 rings (SSSR count). The molecule has 0 aliphatic heterocycles. The maximum atomic E-state index is 12.6.